The van der Waals surface area contributed by atoms with Crippen molar-refractivity contribution in [3.8, 4) is 0 Å². The molecule has 1 N–H and O–H groups in total. The van der Waals surface area contributed by atoms with Crippen LogP contribution in [0.3, 0.4) is 0 Å². The number of hydrazone groups is 1. The molecule has 1 aliphatic heterocycles. The van der Waals surface area contributed by atoms with Gasteiger partial charge in [0.05, 0.1) is 11.1 Å². The third kappa shape index (κ3) is 5.78. The molecule has 9 heteroatoms. The number of piperazine rings is 1. The molecule has 0 unspecified atom stereocenters. The summed E-state index contributed by atoms with van der Waals surface area (Å²) in [6, 6.07) is 20.1. The molecule has 3 aromatic rings. The Morgan fingerprint density at radius 1 is 1.06 bits per heavy atom. The Balaban J connectivity index is 1.45. The highest BCUT2D eigenvalue weighted by atomic mass is 16.6. The zero-order valence-corrected chi connectivity index (χ0v) is 18.0. The molecule has 1 aromatic heterocycles. The Labute approximate surface area is 191 Å². The number of rotatable bonds is 7. The zero-order valence-electron chi connectivity index (χ0n) is 18.0. The van der Waals surface area contributed by atoms with E-state index < -0.39 is 10.8 Å². The second-order valence-corrected chi connectivity index (χ2v) is 7.66. The number of pyridine rings is 1. The van der Waals surface area contributed by atoms with Crippen LogP contribution < -0.4 is 10.3 Å². The van der Waals surface area contributed by atoms with Crippen LogP contribution in [0.15, 0.2) is 78.0 Å². The van der Waals surface area contributed by atoms with Gasteiger partial charge in [0.1, 0.15) is 5.69 Å². The number of aromatic nitrogens is 1. The number of carbonyl (C=O) groups is 1. The predicted molar refractivity (Wildman–Crippen MR) is 126 cm³/mol. The normalized spacial score (nSPS) is 14.4. The average molecular weight is 444 g/mol. The number of hydrogen-bond donors (Lipinski definition) is 1. The molecular weight excluding hydrogens is 420 g/mol. The van der Waals surface area contributed by atoms with E-state index >= 15 is 0 Å². The van der Waals surface area contributed by atoms with Gasteiger partial charge in [0.25, 0.3) is 11.6 Å². The second-order valence-electron chi connectivity index (χ2n) is 7.66. The summed E-state index contributed by atoms with van der Waals surface area (Å²) < 4.78 is 0. The quantitative estimate of drug-likeness (QED) is 0.341. The van der Waals surface area contributed by atoms with Gasteiger partial charge in [-0.1, -0.05) is 36.4 Å². The van der Waals surface area contributed by atoms with Crippen molar-refractivity contribution >= 4 is 23.5 Å². The van der Waals surface area contributed by atoms with Crippen LogP contribution in [0.5, 0.6) is 0 Å². The fourth-order valence-corrected chi connectivity index (χ4v) is 3.75. The number of benzene rings is 2. The van der Waals surface area contributed by atoms with Crippen LogP contribution >= 0.6 is 0 Å². The molecule has 168 valence electrons. The average Bonchev–Trinajstić information content (AvgIpc) is 2.85. The largest absolute Gasteiger partial charge is 0.368 e. The molecule has 9 nitrogen and oxygen atoms in total. The molecule has 1 amide bonds. The van der Waals surface area contributed by atoms with Gasteiger partial charge in [0, 0.05) is 62.3 Å². The van der Waals surface area contributed by atoms with Gasteiger partial charge < -0.3 is 4.90 Å². The summed E-state index contributed by atoms with van der Waals surface area (Å²) in [4.78, 5) is 31.6. The molecular formula is C24H24N6O3. The van der Waals surface area contributed by atoms with Crippen LogP contribution in [0, 0.1) is 10.1 Å². The maximum atomic E-state index is 12.2. The number of anilines is 1. The minimum Gasteiger partial charge on any atom is -0.368 e. The molecule has 33 heavy (non-hydrogen) atoms. The summed E-state index contributed by atoms with van der Waals surface area (Å²) in [5, 5.41) is 15.3. The van der Waals surface area contributed by atoms with E-state index in [4.69, 9.17) is 0 Å². The van der Waals surface area contributed by atoms with Gasteiger partial charge >= 0.3 is 0 Å². The first-order chi connectivity index (χ1) is 16.1. The molecule has 0 spiro atoms. The molecule has 1 aliphatic rings. The Bertz CT molecular complexity index is 1130. The molecule has 0 bridgehead atoms. The number of nitrogens with zero attached hydrogens (tertiary/aromatic N) is 5. The molecule has 0 saturated carbocycles. The van der Waals surface area contributed by atoms with Crippen molar-refractivity contribution in [3.05, 3.63) is 99.9 Å². The first-order valence-corrected chi connectivity index (χ1v) is 10.6. The Morgan fingerprint density at radius 2 is 1.82 bits per heavy atom. The number of hydrogen-bond acceptors (Lipinski definition) is 7. The Hall–Kier alpha value is -4.11. The van der Waals surface area contributed by atoms with E-state index in [-0.39, 0.29) is 11.4 Å². The summed E-state index contributed by atoms with van der Waals surface area (Å²) in [6.07, 6.45) is 2.97. The first kappa shape index (κ1) is 22.1. The van der Waals surface area contributed by atoms with Crippen LogP contribution in [0.25, 0.3) is 0 Å². The van der Waals surface area contributed by atoms with E-state index in [9.17, 15) is 14.9 Å². The fourth-order valence-electron chi connectivity index (χ4n) is 3.75. The lowest BCUT2D eigenvalue weighted by atomic mass is 10.1. The zero-order chi connectivity index (χ0) is 23.0. The highest BCUT2D eigenvalue weighted by Gasteiger charge is 2.20. The van der Waals surface area contributed by atoms with Crippen molar-refractivity contribution in [2.24, 2.45) is 5.10 Å². The van der Waals surface area contributed by atoms with Crippen molar-refractivity contribution in [2.75, 3.05) is 31.1 Å². The summed E-state index contributed by atoms with van der Waals surface area (Å²) in [6.45, 7) is 4.21. The number of amides is 1. The van der Waals surface area contributed by atoms with Gasteiger partial charge in [0.2, 0.25) is 0 Å². The Kier molecular flexibility index (Phi) is 7.01. The number of nitro groups is 1. The Morgan fingerprint density at radius 3 is 2.52 bits per heavy atom. The number of nitro benzene ring substituents is 1. The van der Waals surface area contributed by atoms with Crippen LogP contribution in [-0.2, 0) is 6.54 Å². The van der Waals surface area contributed by atoms with Gasteiger partial charge in [-0.2, -0.15) is 5.10 Å². The molecule has 0 atom stereocenters. The first-order valence-electron chi connectivity index (χ1n) is 10.6. The van der Waals surface area contributed by atoms with Gasteiger partial charge in [-0.3, -0.25) is 24.8 Å². The molecule has 4 rings (SSSR count). The summed E-state index contributed by atoms with van der Waals surface area (Å²) in [5.41, 5.74) is 5.33. The van der Waals surface area contributed by atoms with E-state index in [1.54, 1.807) is 24.3 Å². The topological polar surface area (TPSA) is 104 Å². The third-order valence-electron chi connectivity index (χ3n) is 5.45. The fraction of sp³-hybridized carbons (Fsp3) is 0.208. The molecule has 1 fully saturated rings. The number of carbonyl (C=O) groups excluding carboxylic acids is 1. The van der Waals surface area contributed by atoms with Gasteiger partial charge in [-0.15, -0.1) is 0 Å². The molecule has 1 saturated heterocycles. The van der Waals surface area contributed by atoms with Crippen LogP contribution in [0.2, 0.25) is 0 Å². The van der Waals surface area contributed by atoms with E-state index in [0.29, 0.717) is 5.56 Å². The summed E-state index contributed by atoms with van der Waals surface area (Å²) in [7, 11) is 0. The molecule has 0 aliphatic carbocycles. The van der Waals surface area contributed by atoms with Gasteiger partial charge in [-0.05, 0) is 23.8 Å². The van der Waals surface area contributed by atoms with Crippen LogP contribution in [0.1, 0.15) is 21.6 Å². The van der Waals surface area contributed by atoms with E-state index in [1.165, 1.54) is 30.1 Å². The summed E-state index contributed by atoms with van der Waals surface area (Å²) >= 11 is 0. The molecule has 0 radical (unpaired) electrons. The van der Waals surface area contributed by atoms with E-state index in [0.717, 1.165) is 38.4 Å². The highest BCUT2D eigenvalue weighted by Crippen LogP contribution is 2.25. The smallest absolute Gasteiger partial charge is 0.289 e. The van der Waals surface area contributed by atoms with E-state index in [1.807, 2.05) is 18.2 Å². The minimum atomic E-state index is -0.451. The lowest BCUT2D eigenvalue weighted by Crippen LogP contribution is -2.46. The van der Waals surface area contributed by atoms with Gasteiger partial charge in [-0.25, -0.2) is 5.43 Å². The van der Waals surface area contributed by atoms with Crippen LogP contribution in [0.4, 0.5) is 11.4 Å². The monoisotopic (exact) mass is 444 g/mol. The number of non-ortho nitro benzene ring substituents is 1. The third-order valence-corrected chi connectivity index (χ3v) is 5.45. The summed E-state index contributed by atoms with van der Waals surface area (Å²) in [5.74, 6) is -0.451. The predicted octanol–water partition coefficient (Wildman–Crippen LogP) is 3.08. The van der Waals surface area contributed by atoms with Gasteiger partial charge in [0.15, 0.2) is 0 Å². The molecule has 2 heterocycles. The lowest BCUT2D eigenvalue weighted by molar-refractivity contribution is -0.384. The lowest BCUT2D eigenvalue weighted by Gasteiger charge is -2.36. The maximum absolute atomic E-state index is 12.2. The standard InChI is InChI=1S/C24H24N6O3/c31-24(22-8-4-5-11-25-22)27-26-17-20-16-21(30(32)33)9-10-23(20)29-14-12-28(13-15-29)18-19-6-2-1-3-7-19/h1-11,16-17H,12-15,18H2,(H,27,31)/b26-17+. The minimum absolute atomic E-state index is 0.0287. The maximum Gasteiger partial charge on any atom is 0.289 e. The van der Waals surface area contributed by atoms with Crippen molar-refractivity contribution < 1.29 is 9.72 Å². The van der Waals surface area contributed by atoms with Crippen LogP contribution in [-0.4, -0.2) is 53.1 Å². The number of nitrogens with one attached hydrogen (secondary N) is 1. The van der Waals surface area contributed by atoms with Crippen molar-refractivity contribution in [3.63, 3.8) is 0 Å². The highest BCUT2D eigenvalue weighted by molar-refractivity contribution is 5.94. The van der Waals surface area contributed by atoms with E-state index in [2.05, 4.69) is 37.4 Å². The molecule has 2 aromatic carbocycles. The van der Waals surface area contributed by atoms with Crippen molar-refractivity contribution in [2.45, 2.75) is 6.54 Å². The SMILES string of the molecule is O=C(N/N=C/c1cc([N+](=O)[O-])ccc1N1CCN(Cc2ccccc2)CC1)c1ccccn1. The van der Waals surface area contributed by atoms with Crippen molar-refractivity contribution in [1.82, 2.24) is 15.3 Å². The van der Waals surface area contributed by atoms with Crippen molar-refractivity contribution in [1.29, 1.82) is 0 Å². The second kappa shape index (κ2) is 10.5.